The topological polar surface area (TPSA) is 81.7 Å². The number of carbonyl (C=O) groups is 1. The highest BCUT2D eigenvalue weighted by Gasteiger charge is 2.44. The predicted molar refractivity (Wildman–Crippen MR) is 91.3 cm³/mol. The van der Waals surface area contributed by atoms with Crippen LogP contribution in [-0.4, -0.2) is 33.8 Å². The summed E-state index contributed by atoms with van der Waals surface area (Å²) in [7, 11) is -2.33. The predicted octanol–water partition coefficient (Wildman–Crippen LogP) is 2.99. The number of sulfone groups is 1. The Morgan fingerprint density at radius 2 is 1.82 bits per heavy atom. The first-order valence-electron chi connectivity index (χ1n) is 8.18. The molecule has 0 amide bonds. The van der Waals surface area contributed by atoms with Crippen LogP contribution in [0.4, 0.5) is 13.2 Å². The number of halogens is 3. The van der Waals surface area contributed by atoms with Gasteiger partial charge in [0.15, 0.2) is 6.23 Å². The molecule has 150 valence electrons. The molecule has 28 heavy (non-hydrogen) atoms. The molecule has 0 saturated carbocycles. The molecule has 2 atom stereocenters. The maximum Gasteiger partial charge on any atom is 0.490 e. The van der Waals surface area contributed by atoms with E-state index in [0.717, 1.165) is 0 Å². The van der Waals surface area contributed by atoms with Gasteiger partial charge in [0, 0.05) is 12.0 Å². The van der Waals surface area contributed by atoms with E-state index in [0.29, 0.717) is 0 Å². The number of hydrogen-bond acceptors (Lipinski definition) is 6. The van der Waals surface area contributed by atoms with Crippen molar-refractivity contribution >= 4 is 15.8 Å². The number of carbonyl (C=O) groups excluding carboxylic acids is 1. The summed E-state index contributed by atoms with van der Waals surface area (Å²) in [5.41, 5.74) is 0.163. The zero-order chi connectivity index (χ0) is 20.5. The Labute approximate surface area is 159 Å². The van der Waals surface area contributed by atoms with Gasteiger partial charge < -0.3 is 9.47 Å². The Morgan fingerprint density at radius 3 is 2.43 bits per heavy atom. The normalized spacial score (nSPS) is 19.4. The van der Waals surface area contributed by atoms with Crippen molar-refractivity contribution in [3.8, 4) is 5.75 Å². The van der Waals surface area contributed by atoms with Crippen molar-refractivity contribution in [2.24, 2.45) is 0 Å². The molecule has 10 heteroatoms. The fraction of sp³-hybridized carbons (Fsp3) is 0.278. The summed E-state index contributed by atoms with van der Waals surface area (Å²) >= 11 is 0. The van der Waals surface area contributed by atoms with Gasteiger partial charge in [0.2, 0.25) is 9.84 Å². The van der Waals surface area contributed by atoms with Gasteiger partial charge >= 0.3 is 12.1 Å². The minimum Gasteiger partial charge on any atom is -0.475 e. The zero-order valence-electron chi connectivity index (χ0n) is 14.6. The second kappa shape index (κ2) is 7.44. The van der Waals surface area contributed by atoms with Gasteiger partial charge in [-0.3, -0.25) is 5.32 Å². The largest absolute Gasteiger partial charge is 0.490 e. The van der Waals surface area contributed by atoms with E-state index in [1.807, 2.05) is 0 Å². The van der Waals surface area contributed by atoms with Crippen molar-refractivity contribution in [2.75, 3.05) is 7.05 Å². The minimum atomic E-state index is -5.13. The molecular formula is C18H16F3NO5S. The molecule has 0 radical (unpaired) electrons. The maximum absolute atomic E-state index is 12.8. The Kier molecular flexibility index (Phi) is 5.35. The van der Waals surface area contributed by atoms with Crippen molar-refractivity contribution in [2.45, 2.75) is 34.7 Å². The quantitative estimate of drug-likeness (QED) is 0.774. The molecule has 2 aromatic rings. The molecule has 0 aliphatic carbocycles. The number of nitrogens with one attached hydrogen (secondary N) is 1. The van der Waals surface area contributed by atoms with Crippen molar-refractivity contribution in [1.82, 2.24) is 5.32 Å². The first-order valence-corrected chi connectivity index (χ1v) is 9.67. The lowest BCUT2D eigenvalue weighted by atomic mass is 10.0. The van der Waals surface area contributed by atoms with E-state index in [9.17, 15) is 26.4 Å². The van der Waals surface area contributed by atoms with Gasteiger partial charge in [0.25, 0.3) is 0 Å². The second-order valence-corrected chi connectivity index (χ2v) is 7.99. The SMILES string of the molecule is CNC1CC(OC(=O)C(F)(F)F)c2ccc(S(=O)(=O)c3ccccc3)cc2O1. The molecule has 0 saturated heterocycles. The smallest absolute Gasteiger partial charge is 0.475 e. The van der Waals surface area contributed by atoms with Gasteiger partial charge in [-0.25, -0.2) is 13.2 Å². The average Bonchev–Trinajstić information content (AvgIpc) is 2.67. The number of ether oxygens (including phenoxy) is 2. The average molecular weight is 415 g/mol. The van der Waals surface area contributed by atoms with Crippen LogP contribution >= 0.6 is 0 Å². The summed E-state index contributed by atoms with van der Waals surface area (Å²) in [6.07, 6.45) is -7.18. The highest BCUT2D eigenvalue weighted by molar-refractivity contribution is 7.91. The Hall–Kier alpha value is -2.59. The standard InChI is InChI=1S/C18H16F3NO5S/c1-22-16-10-15(27-17(23)18(19,20)21)13-8-7-12(9-14(13)26-16)28(24,25)11-5-3-2-4-6-11/h2-9,15-16,22H,10H2,1H3. The van der Waals surface area contributed by atoms with Gasteiger partial charge in [-0.1, -0.05) is 24.3 Å². The molecule has 0 bridgehead atoms. The molecule has 2 unspecified atom stereocenters. The molecule has 1 aliphatic rings. The van der Waals surface area contributed by atoms with E-state index in [-0.39, 0.29) is 27.5 Å². The number of benzene rings is 2. The molecule has 1 N–H and O–H groups in total. The van der Waals surface area contributed by atoms with Crippen LogP contribution in [0.1, 0.15) is 18.1 Å². The summed E-state index contributed by atoms with van der Waals surface area (Å²) in [6.45, 7) is 0. The lowest BCUT2D eigenvalue weighted by Crippen LogP contribution is -2.38. The van der Waals surface area contributed by atoms with Crippen LogP contribution < -0.4 is 10.1 Å². The monoisotopic (exact) mass is 415 g/mol. The van der Waals surface area contributed by atoms with Crippen molar-refractivity contribution < 1.29 is 35.9 Å². The van der Waals surface area contributed by atoms with Crippen molar-refractivity contribution in [3.63, 3.8) is 0 Å². The molecular weight excluding hydrogens is 399 g/mol. The van der Waals surface area contributed by atoms with Crippen molar-refractivity contribution in [1.29, 1.82) is 0 Å². The first-order chi connectivity index (χ1) is 13.1. The summed E-state index contributed by atoms with van der Waals surface area (Å²) < 4.78 is 73.4. The van der Waals surface area contributed by atoms with Crippen LogP contribution in [0.3, 0.4) is 0 Å². The third kappa shape index (κ3) is 3.97. The Balaban J connectivity index is 1.98. The van der Waals surface area contributed by atoms with Gasteiger partial charge in [-0.15, -0.1) is 0 Å². The van der Waals surface area contributed by atoms with E-state index >= 15 is 0 Å². The van der Waals surface area contributed by atoms with Crippen molar-refractivity contribution in [3.05, 3.63) is 54.1 Å². The minimum absolute atomic E-state index is 0.0302. The van der Waals surface area contributed by atoms with E-state index in [1.54, 1.807) is 18.2 Å². The molecule has 6 nitrogen and oxygen atoms in total. The van der Waals surface area contributed by atoms with Crippen LogP contribution in [0.25, 0.3) is 0 Å². The van der Waals surface area contributed by atoms with E-state index in [2.05, 4.69) is 10.1 Å². The molecule has 3 rings (SSSR count). The summed E-state index contributed by atoms with van der Waals surface area (Å²) in [5.74, 6) is -2.29. The van der Waals surface area contributed by atoms with Gasteiger partial charge in [-0.05, 0) is 31.3 Å². The highest BCUT2D eigenvalue weighted by Crippen LogP contribution is 2.39. The number of hydrogen-bond donors (Lipinski definition) is 1. The van der Waals surface area contributed by atoms with E-state index in [4.69, 9.17) is 4.74 Å². The van der Waals surface area contributed by atoms with Crippen LogP contribution in [-0.2, 0) is 19.4 Å². The number of rotatable bonds is 4. The van der Waals surface area contributed by atoms with E-state index < -0.39 is 34.3 Å². The van der Waals surface area contributed by atoms with E-state index in [1.165, 1.54) is 37.4 Å². The summed E-state index contributed by atoms with van der Waals surface area (Å²) in [4.78, 5) is 11.2. The second-order valence-electron chi connectivity index (χ2n) is 6.04. The van der Waals surface area contributed by atoms with Crippen LogP contribution in [0.15, 0.2) is 58.3 Å². The molecule has 1 heterocycles. The third-order valence-corrected chi connectivity index (χ3v) is 5.96. The number of alkyl halides is 3. The van der Waals surface area contributed by atoms with Crippen LogP contribution in [0.2, 0.25) is 0 Å². The Bertz CT molecular complexity index is 976. The lowest BCUT2D eigenvalue weighted by molar-refractivity contribution is -0.207. The van der Waals surface area contributed by atoms with Gasteiger partial charge in [0.05, 0.1) is 9.79 Å². The molecule has 2 aromatic carbocycles. The van der Waals surface area contributed by atoms with Gasteiger partial charge in [0.1, 0.15) is 11.9 Å². The lowest BCUT2D eigenvalue weighted by Gasteiger charge is -2.32. The number of esters is 1. The van der Waals surface area contributed by atoms with Gasteiger partial charge in [-0.2, -0.15) is 13.2 Å². The summed E-state index contributed by atoms with van der Waals surface area (Å²) in [6, 6.07) is 11.4. The maximum atomic E-state index is 12.8. The molecule has 0 aromatic heterocycles. The molecule has 1 aliphatic heterocycles. The van der Waals surface area contributed by atoms with Crippen LogP contribution in [0.5, 0.6) is 5.75 Å². The Morgan fingerprint density at radius 1 is 1.14 bits per heavy atom. The van der Waals surface area contributed by atoms with Crippen LogP contribution in [0, 0.1) is 0 Å². The number of fused-ring (bicyclic) bond motifs is 1. The highest BCUT2D eigenvalue weighted by atomic mass is 32.2. The fourth-order valence-electron chi connectivity index (χ4n) is 2.79. The first kappa shape index (κ1) is 20.2. The molecule has 0 spiro atoms. The fourth-order valence-corrected chi connectivity index (χ4v) is 4.09. The zero-order valence-corrected chi connectivity index (χ0v) is 15.4. The summed E-state index contributed by atoms with van der Waals surface area (Å²) in [5, 5.41) is 2.73. The molecule has 0 fully saturated rings. The third-order valence-electron chi connectivity index (χ3n) is 4.20.